The van der Waals surface area contributed by atoms with Crippen LogP contribution in [0.3, 0.4) is 0 Å². The molecule has 0 amide bonds. The maximum atomic E-state index is 11.5. The zero-order chi connectivity index (χ0) is 23.9. The lowest BCUT2D eigenvalue weighted by Gasteiger charge is -2.25. The van der Waals surface area contributed by atoms with Crippen molar-refractivity contribution in [3.8, 4) is 29.1 Å². The van der Waals surface area contributed by atoms with Crippen molar-refractivity contribution in [3.63, 3.8) is 0 Å². The van der Waals surface area contributed by atoms with Crippen molar-refractivity contribution in [1.82, 2.24) is 0 Å². The quantitative estimate of drug-likeness (QED) is 0.400. The maximum absolute atomic E-state index is 11.5. The maximum Gasteiger partial charge on any atom is 0.220 e. The number of nitrogens with zero attached hydrogens (tertiary/aromatic N) is 1. The SMILES string of the molecule is COc1ccc(N(c2ccc(C#Cc3ccc(O)c(=O)cc3)cc2)c2ccc(OC)cc2)cc1. The minimum absolute atomic E-state index is 0.297. The van der Waals surface area contributed by atoms with Crippen LogP contribution in [-0.2, 0) is 0 Å². The first kappa shape index (κ1) is 22.5. The van der Waals surface area contributed by atoms with Crippen molar-refractivity contribution in [2.45, 2.75) is 0 Å². The highest BCUT2D eigenvalue weighted by molar-refractivity contribution is 5.77. The first-order chi connectivity index (χ1) is 16.6. The van der Waals surface area contributed by atoms with Crippen LogP contribution in [0.2, 0.25) is 0 Å². The van der Waals surface area contributed by atoms with Crippen molar-refractivity contribution in [2.75, 3.05) is 19.1 Å². The molecule has 0 aliphatic heterocycles. The second-order valence-electron chi connectivity index (χ2n) is 7.40. The highest BCUT2D eigenvalue weighted by Gasteiger charge is 2.12. The van der Waals surface area contributed by atoms with Gasteiger partial charge in [-0.05, 0) is 97.1 Å². The van der Waals surface area contributed by atoms with E-state index in [2.05, 4.69) is 16.7 Å². The van der Waals surface area contributed by atoms with Gasteiger partial charge in [0.05, 0.1) is 14.2 Å². The van der Waals surface area contributed by atoms with Crippen LogP contribution in [0, 0.1) is 11.8 Å². The van der Waals surface area contributed by atoms with Crippen molar-refractivity contribution in [3.05, 3.63) is 118 Å². The second-order valence-corrected chi connectivity index (χ2v) is 7.40. The number of methoxy groups -OCH3 is 2. The van der Waals surface area contributed by atoms with E-state index in [0.29, 0.717) is 5.56 Å². The Kier molecular flexibility index (Phi) is 6.81. The van der Waals surface area contributed by atoms with E-state index in [9.17, 15) is 9.90 Å². The Morgan fingerprint density at radius 2 is 0.971 bits per heavy atom. The topological polar surface area (TPSA) is 59.0 Å². The molecule has 0 saturated heterocycles. The third kappa shape index (κ3) is 5.20. The molecule has 0 heterocycles. The Morgan fingerprint density at radius 1 is 0.588 bits per heavy atom. The van der Waals surface area contributed by atoms with Gasteiger partial charge in [0, 0.05) is 28.2 Å². The van der Waals surface area contributed by atoms with E-state index in [1.165, 1.54) is 12.1 Å². The summed E-state index contributed by atoms with van der Waals surface area (Å²) in [4.78, 5) is 13.7. The molecule has 0 aromatic heterocycles. The van der Waals surface area contributed by atoms with Crippen LogP contribution >= 0.6 is 0 Å². The molecule has 0 radical (unpaired) electrons. The number of anilines is 3. The fourth-order valence-electron chi connectivity index (χ4n) is 3.39. The molecule has 0 saturated carbocycles. The third-order valence-electron chi connectivity index (χ3n) is 5.23. The van der Waals surface area contributed by atoms with E-state index in [0.717, 1.165) is 34.1 Å². The molecule has 34 heavy (non-hydrogen) atoms. The van der Waals surface area contributed by atoms with Gasteiger partial charge in [0.2, 0.25) is 5.43 Å². The summed E-state index contributed by atoms with van der Waals surface area (Å²) in [5.41, 5.74) is 3.96. The normalized spacial score (nSPS) is 10.1. The fourth-order valence-corrected chi connectivity index (χ4v) is 3.39. The summed E-state index contributed by atoms with van der Waals surface area (Å²) in [6.07, 6.45) is 0. The number of benzene rings is 3. The van der Waals surface area contributed by atoms with Crippen molar-refractivity contribution in [2.24, 2.45) is 0 Å². The first-order valence-corrected chi connectivity index (χ1v) is 10.6. The van der Waals surface area contributed by atoms with Crippen LogP contribution < -0.4 is 19.8 Å². The van der Waals surface area contributed by atoms with E-state index in [4.69, 9.17) is 9.47 Å². The second kappa shape index (κ2) is 10.3. The Hall–Kier alpha value is -4.69. The van der Waals surface area contributed by atoms with Crippen LogP contribution in [-0.4, -0.2) is 19.3 Å². The molecular formula is C29H23NO4. The van der Waals surface area contributed by atoms with Gasteiger partial charge >= 0.3 is 0 Å². The molecule has 5 heteroatoms. The molecule has 4 aromatic carbocycles. The Bertz CT molecular complexity index is 1340. The van der Waals surface area contributed by atoms with E-state index < -0.39 is 5.43 Å². The molecule has 1 N–H and O–H groups in total. The van der Waals surface area contributed by atoms with Crippen molar-refractivity contribution < 1.29 is 14.6 Å². The molecule has 5 nitrogen and oxygen atoms in total. The van der Waals surface area contributed by atoms with Gasteiger partial charge in [0.1, 0.15) is 11.5 Å². The van der Waals surface area contributed by atoms with Gasteiger partial charge in [-0.2, -0.15) is 0 Å². The van der Waals surface area contributed by atoms with Crippen LogP contribution in [0.25, 0.3) is 0 Å². The highest BCUT2D eigenvalue weighted by Crippen LogP contribution is 2.36. The third-order valence-corrected chi connectivity index (χ3v) is 5.23. The standard InChI is InChI=1S/C29H23NO4/c1-33-26-15-11-24(12-16-26)30(25-13-17-27(34-2)18-14-25)23-9-5-21(6-10-23)3-4-22-7-19-28(31)29(32)20-8-22/h5-20H,1-2H3,(H,31,32). The molecule has 168 valence electrons. The summed E-state index contributed by atoms with van der Waals surface area (Å²) in [5, 5.41) is 9.54. The van der Waals surface area contributed by atoms with Crippen molar-refractivity contribution in [1.29, 1.82) is 0 Å². The highest BCUT2D eigenvalue weighted by atomic mass is 16.5. The molecule has 0 bridgehead atoms. The van der Waals surface area contributed by atoms with Crippen molar-refractivity contribution >= 4 is 17.1 Å². The number of hydrogen-bond donors (Lipinski definition) is 1. The average Bonchev–Trinajstić information content (AvgIpc) is 3.05. The lowest BCUT2D eigenvalue weighted by Crippen LogP contribution is -2.09. The van der Waals surface area contributed by atoms with Crippen LogP contribution in [0.4, 0.5) is 17.1 Å². The summed E-state index contributed by atoms with van der Waals surface area (Å²) < 4.78 is 10.6. The molecule has 0 fully saturated rings. The fraction of sp³-hybridized carbons (Fsp3) is 0.0690. The summed E-state index contributed by atoms with van der Waals surface area (Å²) in [5.74, 6) is 7.41. The average molecular weight is 450 g/mol. The molecule has 0 atom stereocenters. The van der Waals surface area contributed by atoms with Crippen LogP contribution in [0.5, 0.6) is 17.2 Å². The molecular weight excluding hydrogens is 426 g/mol. The van der Waals surface area contributed by atoms with Crippen LogP contribution in [0.1, 0.15) is 11.1 Å². The Morgan fingerprint density at radius 3 is 1.41 bits per heavy atom. The number of rotatable bonds is 5. The van der Waals surface area contributed by atoms with E-state index in [-0.39, 0.29) is 5.75 Å². The predicted molar refractivity (Wildman–Crippen MR) is 135 cm³/mol. The van der Waals surface area contributed by atoms with Gasteiger partial charge in [-0.3, -0.25) is 4.79 Å². The van der Waals surface area contributed by atoms with Gasteiger partial charge in [0.15, 0.2) is 5.75 Å². The number of hydrogen-bond acceptors (Lipinski definition) is 5. The van der Waals surface area contributed by atoms with E-state index >= 15 is 0 Å². The lowest BCUT2D eigenvalue weighted by molar-refractivity contribution is 0.415. The van der Waals surface area contributed by atoms with Gasteiger partial charge in [-0.25, -0.2) is 0 Å². The minimum atomic E-state index is -0.436. The zero-order valence-electron chi connectivity index (χ0n) is 18.9. The summed E-state index contributed by atoms with van der Waals surface area (Å²) in [6.45, 7) is 0. The number of ether oxygens (including phenoxy) is 2. The van der Waals surface area contributed by atoms with Gasteiger partial charge < -0.3 is 19.5 Å². The molecule has 4 aromatic rings. The minimum Gasteiger partial charge on any atom is -0.504 e. The molecule has 0 spiro atoms. The zero-order valence-corrected chi connectivity index (χ0v) is 18.9. The molecule has 4 rings (SSSR count). The van der Waals surface area contributed by atoms with Gasteiger partial charge in [-0.15, -0.1) is 0 Å². The summed E-state index contributed by atoms with van der Waals surface area (Å²) in [7, 11) is 3.29. The van der Waals surface area contributed by atoms with E-state index in [1.54, 1.807) is 26.4 Å². The molecule has 0 aliphatic rings. The monoisotopic (exact) mass is 449 g/mol. The lowest BCUT2D eigenvalue weighted by atomic mass is 10.1. The smallest absolute Gasteiger partial charge is 0.220 e. The number of aromatic hydroxyl groups is 1. The predicted octanol–water partition coefficient (Wildman–Crippen LogP) is 5.64. The molecule has 0 unspecified atom stereocenters. The summed E-state index contributed by atoms with van der Waals surface area (Å²) in [6, 6.07) is 29.5. The van der Waals surface area contributed by atoms with Gasteiger partial charge in [-0.1, -0.05) is 11.8 Å². The Labute approximate surface area is 198 Å². The van der Waals surface area contributed by atoms with Gasteiger partial charge in [0.25, 0.3) is 0 Å². The summed E-state index contributed by atoms with van der Waals surface area (Å²) >= 11 is 0. The van der Waals surface area contributed by atoms with E-state index in [1.807, 2.05) is 72.8 Å². The largest absolute Gasteiger partial charge is 0.504 e. The molecule has 0 aliphatic carbocycles. The Balaban J connectivity index is 1.67. The first-order valence-electron chi connectivity index (χ1n) is 10.6. The van der Waals surface area contributed by atoms with Crippen LogP contribution in [0.15, 0.2) is 102 Å².